The number of primary amides is 1. The lowest BCUT2D eigenvalue weighted by Gasteiger charge is -2.10. The highest BCUT2D eigenvalue weighted by atomic mass is 16.5. The van der Waals surface area contributed by atoms with Crippen LogP contribution in [0.1, 0.15) is 11.1 Å². The second-order valence-electron chi connectivity index (χ2n) is 3.35. The Morgan fingerprint density at radius 3 is 2.78 bits per heavy atom. The van der Waals surface area contributed by atoms with Gasteiger partial charge in [-0.15, -0.1) is 0 Å². The van der Waals surface area contributed by atoms with E-state index in [1.165, 1.54) is 12.1 Å². The fourth-order valence-corrected chi connectivity index (χ4v) is 1.22. The number of hydrogen-bond donors (Lipinski definition) is 3. The highest BCUT2D eigenvalue weighted by Crippen LogP contribution is 2.20. The average Bonchev–Trinajstić information content (AvgIpc) is 2.34. The van der Waals surface area contributed by atoms with Gasteiger partial charge < -0.3 is 20.9 Å². The van der Waals surface area contributed by atoms with Crippen molar-refractivity contribution < 1.29 is 19.4 Å². The Bertz CT molecular complexity index is 508. The maximum absolute atomic E-state index is 10.6. The van der Waals surface area contributed by atoms with E-state index in [1.54, 1.807) is 6.07 Å². The van der Waals surface area contributed by atoms with Crippen LogP contribution in [0.3, 0.4) is 0 Å². The first-order valence-electron chi connectivity index (χ1n) is 4.94. The van der Waals surface area contributed by atoms with E-state index < -0.39 is 12.0 Å². The normalized spacial score (nSPS) is 9.28. The molecule has 1 aromatic carbocycles. The molecule has 4 N–H and O–H groups in total. The molecule has 7 heteroatoms. The molecule has 1 rings (SSSR count). The Hall–Kier alpha value is -2.75. The molecule has 1 aromatic rings. The van der Waals surface area contributed by atoms with Crippen LogP contribution in [-0.2, 0) is 11.3 Å². The van der Waals surface area contributed by atoms with Gasteiger partial charge in [-0.2, -0.15) is 5.26 Å². The lowest BCUT2D eigenvalue weighted by atomic mass is 10.1. The lowest BCUT2D eigenvalue weighted by molar-refractivity contribution is -0.119. The summed E-state index contributed by atoms with van der Waals surface area (Å²) in [5, 5.41) is 19.4. The van der Waals surface area contributed by atoms with Gasteiger partial charge >= 0.3 is 6.09 Å². The number of benzene rings is 1. The zero-order valence-corrected chi connectivity index (χ0v) is 9.34. The van der Waals surface area contributed by atoms with Crippen molar-refractivity contribution in [2.75, 3.05) is 6.61 Å². The number of nitriles is 1. The van der Waals surface area contributed by atoms with Crippen LogP contribution in [-0.4, -0.2) is 23.7 Å². The van der Waals surface area contributed by atoms with Gasteiger partial charge in [-0.3, -0.25) is 4.79 Å². The van der Waals surface area contributed by atoms with E-state index in [9.17, 15) is 9.59 Å². The Morgan fingerprint density at radius 1 is 1.50 bits per heavy atom. The van der Waals surface area contributed by atoms with Crippen LogP contribution in [0.4, 0.5) is 4.79 Å². The number of hydrogen-bond acceptors (Lipinski definition) is 4. The maximum atomic E-state index is 10.6. The number of nitrogens with zero attached hydrogens (tertiary/aromatic N) is 1. The van der Waals surface area contributed by atoms with E-state index in [-0.39, 0.29) is 18.9 Å². The predicted molar refractivity (Wildman–Crippen MR) is 60.7 cm³/mol. The summed E-state index contributed by atoms with van der Waals surface area (Å²) in [7, 11) is 0. The van der Waals surface area contributed by atoms with Gasteiger partial charge in [-0.05, 0) is 12.1 Å². The summed E-state index contributed by atoms with van der Waals surface area (Å²) in [4.78, 5) is 21.0. The number of nitrogens with one attached hydrogen (secondary N) is 1. The van der Waals surface area contributed by atoms with Gasteiger partial charge in [0.15, 0.2) is 6.61 Å². The summed E-state index contributed by atoms with van der Waals surface area (Å²) < 4.78 is 5.11. The summed E-state index contributed by atoms with van der Waals surface area (Å²) in [5.41, 5.74) is 5.80. The average molecular weight is 249 g/mol. The molecule has 0 spiro atoms. The number of carbonyl (C=O) groups excluding carboxylic acids is 1. The van der Waals surface area contributed by atoms with Crippen molar-refractivity contribution in [3.05, 3.63) is 29.3 Å². The highest BCUT2D eigenvalue weighted by molar-refractivity contribution is 5.75. The molecule has 0 unspecified atom stereocenters. The number of rotatable bonds is 5. The van der Waals surface area contributed by atoms with Crippen LogP contribution in [0.15, 0.2) is 18.2 Å². The third-order valence-electron chi connectivity index (χ3n) is 2.00. The van der Waals surface area contributed by atoms with Gasteiger partial charge in [0.1, 0.15) is 5.75 Å². The maximum Gasteiger partial charge on any atom is 0.404 e. The molecule has 0 saturated heterocycles. The van der Waals surface area contributed by atoms with E-state index >= 15 is 0 Å². The van der Waals surface area contributed by atoms with Crippen molar-refractivity contribution in [1.82, 2.24) is 5.32 Å². The third-order valence-corrected chi connectivity index (χ3v) is 2.00. The standard InChI is InChI=1S/C11H11N3O4/c12-4-7-1-2-8(5-14-11(16)17)9(3-7)18-6-10(13)15/h1-3,14H,5-6H2,(H2,13,15)(H,16,17). The Morgan fingerprint density at radius 2 is 2.22 bits per heavy atom. The van der Waals surface area contributed by atoms with Crippen molar-refractivity contribution in [3.8, 4) is 11.8 Å². The number of ether oxygens (including phenoxy) is 1. The zero-order valence-electron chi connectivity index (χ0n) is 9.34. The fourth-order valence-electron chi connectivity index (χ4n) is 1.22. The molecule has 0 heterocycles. The first kappa shape index (κ1) is 13.3. The van der Waals surface area contributed by atoms with Crippen LogP contribution in [0, 0.1) is 11.3 Å². The molecule has 0 aromatic heterocycles. The Labute approximate surface area is 103 Å². The minimum absolute atomic E-state index is 0.00906. The number of nitrogens with two attached hydrogens (primary N) is 1. The molecule has 0 radical (unpaired) electrons. The Kier molecular flexibility index (Phi) is 4.51. The summed E-state index contributed by atoms with van der Waals surface area (Å²) in [6.07, 6.45) is -1.18. The number of amides is 2. The largest absolute Gasteiger partial charge is 0.483 e. The van der Waals surface area contributed by atoms with Crippen molar-refractivity contribution in [1.29, 1.82) is 5.26 Å². The molecular weight excluding hydrogens is 238 g/mol. The molecule has 0 aliphatic heterocycles. The van der Waals surface area contributed by atoms with Crippen LogP contribution in [0.2, 0.25) is 0 Å². The SMILES string of the molecule is N#Cc1ccc(CNC(=O)O)c(OCC(N)=O)c1. The van der Waals surface area contributed by atoms with Crippen molar-refractivity contribution in [2.24, 2.45) is 5.73 Å². The van der Waals surface area contributed by atoms with E-state index in [0.717, 1.165) is 0 Å². The molecular formula is C11H11N3O4. The summed E-state index contributed by atoms with van der Waals surface area (Å²) in [6, 6.07) is 6.40. The van der Waals surface area contributed by atoms with Crippen LogP contribution < -0.4 is 15.8 Å². The van der Waals surface area contributed by atoms with Gasteiger partial charge in [0.2, 0.25) is 0 Å². The summed E-state index contributed by atoms with van der Waals surface area (Å²) >= 11 is 0. The minimum Gasteiger partial charge on any atom is -0.483 e. The molecule has 0 atom stereocenters. The molecule has 0 saturated carbocycles. The van der Waals surface area contributed by atoms with E-state index in [4.69, 9.17) is 20.8 Å². The molecule has 2 amide bonds. The second-order valence-corrected chi connectivity index (χ2v) is 3.35. The smallest absolute Gasteiger partial charge is 0.404 e. The molecule has 94 valence electrons. The van der Waals surface area contributed by atoms with Crippen molar-refractivity contribution in [3.63, 3.8) is 0 Å². The lowest BCUT2D eigenvalue weighted by Crippen LogP contribution is -2.23. The van der Waals surface area contributed by atoms with E-state index in [1.807, 2.05) is 6.07 Å². The van der Waals surface area contributed by atoms with E-state index in [0.29, 0.717) is 11.1 Å². The molecule has 0 fully saturated rings. The van der Waals surface area contributed by atoms with Crippen molar-refractivity contribution in [2.45, 2.75) is 6.54 Å². The quantitative estimate of drug-likeness (QED) is 0.686. The number of carboxylic acid groups (broad SMARTS) is 1. The molecule has 7 nitrogen and oxygen atoms in total. The fraction of sp³-hybridized carbons (Fsp3) is 0.182. The molecule has 0 aliphatic carbocycles. The van der Waals surface area contributed by atoms with Crippen LogP contribution in [0.25, 0.3) is 0 Å². The van der Waals surface area contributed by atoms with Gasteiger partial charge in [-0.1, -0.05) is 6.07 Å². The van der Waals surface area contributed by atoms with Gasteiger partial charge in [-0.25, -0.2) is 4.79 Å². The van der Waals surface area contributed by atoms with Crippen LogP contribution in [0.5, 0.6) is 5.75 Å². The first-order chi connectivity index (χ1) is 8.52. The zero-order chi connectivity index (χ0) is 13.5. The van der Waals surface area contributed by atoms with Gasteiger partial charge in [0.25, 0.3) is 5.91 Å². The van der Waals surface area contributed by atoms with Crippen LogP contribution >= 0.6 is 0 Å². The first-order valence-corrected chi connectivity index (χ1v) is 4.94. The highest BCUT2D eigenvalue weighted by Gasteiger charge is 2.08. The monoisotopic (exact) mass is 249 g/mol. The van der Waals surface area contributed by atoms with E-state index in [2.05, 4.69) is 5.32 Å². The predicted octanol–water partition coefficient (Wildman–Crippen LogP) is 0.190. The Balaban J connectivity index is 2.89. The minimum atomic E-state index is -1.18. The molecule has 0 aliphatic rings. The van der Waals surface area contributed by atoms with Crippen molar-refractivity contribution >= 4 is 12.0 Å². The molecule has 18 heavy (non-hydrogen) atoms. The summed E-state index contributed by atoms with van der Waals surface area (Å²) in [6.45, 7) is -0.329. The summed E-state index contributed by atoms with van der Waals surface area (Å²) in [5.74, 6) is -0.406. The van der Waals surface area contributed by atoms with Gasteiger partial charge in [0, 0.05) is 12.1 Å². The molecule has 0 bridgehead atoms. The van der Waals surface area contributed by atoms with Gasteiger partial charge in [0.05, 0.1) is 11.6 Å². The second kappa shape index (κ2) is 6.10. The topological polar surface area (TPSA) is 125 Å². The number of carbonyl (C=O) groups is 2. The third kappa shape index (κ3) is 4.02.